The molecule has 0 radical (unpaired) electrons. The fraction of sp³-hybridized carbons (Fsp3) is 0.609. The molecule has 0 spiro atoms. The van der Waals surface area contributed by atoms with Gasteiger partial charge in [0.25, 0.3) is 5.91 Å². The highest BCUT2D eigenvalue weighted by atomic mass is 79.9. The first-order chi connectivity index (χ1) is 15.3. The van der Waals surface area contributed by atoms with Gasteiger partial charge in [-0.1, -0.05) is 13.8 Å². The van der Waals surface area contributed by atoms with Gasteiger partial charge in [-0.2, -0.15) is 0 Å². The second kappa shape index (κ2) is 11.7. The lowest BCUT2D eigenvalue weighted by Crippen LogP contribution is -2.57. The van der Waals surface area contributed by atoms with E-state index in [0.717, 1.165) is 25.9 Å². The van der Waals surface area contributed by atoms with E-state index < -0.39 is 12.0 Å². The molecule has 0 aromatic heterocycles. The number of rotatable bonds is 9. The third kappa shape index (κ3) is 6.68. The summed E-state index contributed by atoms with van der Waals surface area (Å²) in [6.45, 7) is 6.27. The van der Waals surface area contributed by atoms with Gasteiger partial charge >= 0.3 is 5.97 Å². The molecule has 176 valence electrons. The van der Waals surface area contributed by atoms with Crippen LogP contribution in [-0.2, 0) is 19.1 Å². The maximum atomic E-state index is 13.2. The number of hydrogen-bond acceptors (Lipinski definition) is 6. The van der Waals surface area contributed by atoms with Crippen molar-refractivity contribution in [3.05, 3.63) is 28.2 Å². The molecule has 0 bridgehead atoms. The minimum Gasteiger partial charge on any atom is -0.490 e. The average molecular weight is 511 g/mol. The molecule has 8 nitrogen and oxygen atoms in total. The first kappa shape index (κ1) is 24.5. The summed E-state index contributed by atoms with van der Waals surface area (Å²) >= 11 is 3.47. The first-order valence-electron chi connectivity index (χ1n) is 11.1. The summed E-state index contributed by atoms with van der Waals surface area (Å²) < 4.78 is 17.3. The standard InChI is InChI=1S/C23H31BrN2O6/c1-15(2)7-11-31-21(27)13-19-22(28)25-8-9-26(19)23(29)16-5-6-20(18(24)12-16)32-14-17-4-3-10-30-17/h5-6,12,15,17,19H,3-4,7-11,13-14H2,1-2H3,(H,25,28). The zero-order chi connectivity index (χ0) is 23.1. The Kier molecular flexibility index (Phi) is 8.92. The van der Waals surface area contributed by atoms with Gasteiger partial charge in [-0.3, -0.25) is 14.4 Å². The van der Waals surface area contributed by atoms with Gasteiger partial charge < -0.3 is 24.4 Å². The molecular weight excluding hydrogens is 480 g/mol. The predicted octanol–water partition coefficient (Wildman–Crippen LogP) is 2.93. The number of carbonyl (C=O) groups is 3. The average Bonchev–Trinajstić information content (AvgIpc) is 3.27. The molecule has 2 heterocycles. The number of esters is 1. The van der Waals surface area contributed by atoms with E-state index in [2.05, 4.69) is 21.2 Å². The molecule has 9 heteroatoms. The lowest BCUT2D eigenvalue weighted by atomic mass is 10.1. The van der Waals surface area contributed by atoms with Crippen LogP contribution in [0.25, 0.3) is 0 Å². The highest BCUT2D eigenvalue weighted by Crippen LogP contribution is 2.28. The first-order valence-corrected chi connectivity index (χ1v) is 11.9. The van der Waals surface area contributed by atoms with Gasteiger partial charge in [0.2, 0.25) is 5.91 Å². The second-order valence-electron chi connectivity index (χ2n) is 8.50. The van der Waals surface area contributed by atoms with Crippen LogP contribution in [0.2, 0.25) is 0 Å². The van der Waals surface area contributed by atoms with Crippen molar-refractivity contribution in [2.45, 2.75) is 51.7 Å². The molecule has 32 heavy (non-hydrogen) atoms. The van der Waals surface area contributed by atoms with E-state index in [1.807, 2.05) is 13.8 Å². The number of ether oxygens (including phenoxy) is 3. The van der Waals surface area contributed by atoms with Crippen molar-refractivity contribution in [3.8, 4) is 5.75 Å². The molecule has 2 saturated heterocycles. The molecule has 3 rings (SSSR count). The number of piperazine rings is 1. The van der Waals surface area contributed by atoms with E-state index >= 15 is 0 Å². The number of nitrogens with one attached hydrogen (secondary N) is 1. The van der Waals surface area contributed by atoms with Gasteiger partial charge in [-0.25, -0.2) is 0 Å². The van der Waals surface area contributed by atoms with Crippen molar-refractivity contribution in [1.29, 1.82) is 0 Å². The van der Waals surface area contributed by atoms with E-state index in [0.29, 0.717) is 48.0 Å². The van der Waals surface area contributed by atoms with Gasteiger partial charge in [0.1, 0.15) is 18.4 Å². The summed E-state index contributed by atoms with van der Waals surface area (Å²) in [5, 5.41) is 2.73. The Labute approximate surface area is 197 Å². The fourth-order valence-electron chi connectivity index (χ4n) is 3.66. The van der Waals surface area contributed by atoms with Crippen molar-refractivity contribution in [3.63, 3.8) is 0 Å². The Morgan fingerprint density at radius 1 is 1.34 bits per heavy atom. The van der Waals surface area contributed by atoms with E-state index in [4.69, 9.17) is 14.2 Å². The quantitative estimate of drug-likeness (QED) is 0.513. The van der Waals surface area contributed by atoms with Crippen LogP contribution >= 0.6 is 15.9 Å². The summed E-state index contributed by atoms with van der Waals surface area (Å²) in [6.07, 6.45) is 2.70. The maximum Gasteiger partial charge on any atom is 0.308 e. The minimum atomic E-state index is -0.892. The van der Waals surface area contributed by atoms with E-state index in [-0.39, 0.29) is 24.3 Å². The van der Waals surface area contributed by atoms with E-state index in [9.17, 15) is 14.4 Å². The highest BCUT2D eigenvalue weighted by molar-refractivity contribution is 9.10. The van der Waals surface area contributed by atoms with Crippen LogP contribution in [0.3, 0.4) is 0 Å². The van der Waals surface area contributed by atoms with E-state index in [1.54, 1.807) is 18.2 Å². The van der Waals surface area contributed by atoms with Crippen LogP contribution in [-0.4, -0.2) is 67.7 Å². The molecule has 2 aliphatic heterocycles. The largest absolute Gasteiger partial charge is 0.490 e. The monoisotopic (exact) mass is 510 g/mol. The van der Waals surface area contributed by atoms with Crippen molar-refractivity contribution >= 4 is 33.7 Å². The summed E-state index contributed by atoms with van der Waals surface area (Å²) in [7, 11) is 0. The van der Waals surface area contributed by atoms with Crippen LogP contribution in [0.1, 0.15) is 49.9 Å². The molecule has 2 atom stereocenters. The molecule has 1 aromatic carbocycles. The number of carbonyl (C=O) groups excluding carboxylic acids is 3. The molecular formula is C23H31BrN2O6. The lowest BCUT2D eigenvalue weighted by Gasteiger charge is -2.34. The number of nitrogens with zero attached hydrogens (tertiary/aromatic N) is 1. The summed E-state index contributed by atoms with van der Waals surface area (Å²) in [4.78, 5) is 39.3. The van der Waals surface area contributed by atoms with Crippen LogP contribution in [0.5, 0.6) is 5.75 Å². The predicted molar refractivity (Wildman–Crippen MR) is 121 cm³/mol. The van der Waals surface area contributed by atoms with Crippen molar-refractivity contribution in [2.75, 3.05) is 32.9 Å². The maximum absolute atomic E-state index is 13.2. The highest BCUT2D eigenvalue weighted by Gasteiger charge is 2.35. The Morgan fingerprint density at radius 2 is 2.16 bits per heavy atom. The van der Waals surface area contributed by atoms with Gasteiger partial charge in [-0.05, 0) is 59.3 Å². The van der Waals surface area contributed by atoms with Gasteiger partial charge in [-0.15, -0.1) is 0 Å². The molecule has 2 fully saturated rings. The van der Waals surface area contributed by atoms with Gasteiger partial charge in [0, 0.05) is 25.3 Å². The van der Waals surface area contributed by atoms with Crippen LogP contribution in [0.15, 0.2) is 22.7 Å². The minimum absolute atomic E-state index is 0.0936. The fourth-order valence-corrected chi connectivity index (χ4v) is 4.15. The third-order valence-corrected chi connectivity index (χ3v) is 6.16. The van der Waals surface area contributed by atoms with Gasteiger partial charge in [0.15, 0.2) is 0 Å². The van der Waals surface area contributed by atoms with Gasteiger partial charge in [0.05, 0.1) is 23.6 Å². The van der Waals surface area contributed by atoms with Crippen LogP contribution in [0, 0.1) is 5.92 Å². The number of halogens is 1. The Hall–Kier alpha value is -2.13. The molecule has 0 saturated carbocycles. The normalized spacial score (nSPS) is 20.9. The molecule has 2 amide bonds. The zero-order valence-corrected chi connectivity index (χ0v) is 20.2. The Morgan fingerprint density at radius 3 is 2.84 bits per heavy atom. The van der Waals surface area contributed by atoms with E-state index in [1.165, 1.54) is 4.90 Å². The second-order valence-corrected chi connectivity index (χ2v) is 9.36. The Balaban J connectivity index is 1.63. The zero-order valence-electron chi connectivity index (χ0n) is 18.6. The number of benzene rings is 1. The van der Waals surface area contributed by atoms with Crippen molar-refractivity contribution < 1.29 is 28.6 Å². The summed E-state index contributed by atoms with van der Waals surface area (Å²) in [5.74, 6) is -0.106. The van der Waals surface area contributed by atoms with Crippen LogP contribution in [0.4, 0.5) is 0 Å². The molecule has 1 N–H and O–H groups in total. The molecule has 0 aliphatic carbocycles. The molecule has 1 aromatic rings. The topological polar surface area (TPSA) is 94.2 Å². The third-order valence-electron chi connectivity index (χ3n) is 5.54. The summed E-state index contributed by atoms with van der Waals surface area (Å²) in [5.41, 5.74) is 0.411. The smallest absolute Gasteiger partial charge is 0.308 e. The molecule has 2 unspecified atom stereocenters. The lowest BCUT2D eigenvalue weighted by molar-refractivity contribution is -0.148. The molecule has 2 aliphatic rings. The number of amides is 2. The summed E-state index contributed by atoms with van der Waals surface area (Å²) in [6, 6.07) is 4.18. The number of hydrogen-bond donors (Lipinski definition) is 1. The van der Waals surface area contributed by atoms with Crippen molar-refractivity contribution in [2.24, 2.45) is 5.92 Å². The van der Waals surface area contributed by atoms with Crippen molar-refractivity contribution in [1.82, 2.24) is 10.2 Å². The SMILES string of the molecule is CC(C)CCOC(=O)CC1C(=O)NCCN1C(=O)c1ccc(OCC2CCCO2)c(Br)c1. The van der Waals surface area contributed by atoms with Crippen LogP contribution < -0.4 is 10.1 Å². The Bertz CT molecular complexity index is 825.